The van der Waals surface area contributed by atoms with Crippen LogP contribution in [0.25, 0.3) is 22.6 Å². The lowest BCUT2D eigenvalue weighted by atomic mass is 9.95. The van der Waals surface area contributed by atoms with Crippen molar-refractivity contribution in [3.8, 4) is 28.4 Å². The number of carbonyl (C=O) groups is 1. The number of aliphatic hydroxyl groups is 1. The van der Waals surface area contributed by atoms with Gasteiger partial charge in [0.15, 0.2) is 5.82 Å². The number of aliphatic hydroxyl groups excluding tert-OH is 1. The Kier molecular flexibility index (Phi) is 8.32. The van der Waals surface area contributed by atoms with Crippen LogP contribution in [0, 0.1) is 20.8 Å². The topological polar surface area (TPSA) is 122 Å². The normalized spacial score (nSPS) is 15.0. The van der Waals surface area contributed by atoms with Crippen molar-refractivity contribution in [2.45, 2.75) is 65.0 Å². The number of nitrogens with zero attached hydrogens (tertiary/aromatic N) is 3. The van der Waals surface area contributed by atoms with Gasteiger partial charge in [-0.05, 0) is 52.8 Å². The third-order valence-electron chi connectivity index (χ3n) is 6.55. The van der Waals surface area contributed by atoms with Crippen molar-refractivity contribution in [2.75, 3.05) is 20.2 Å². The van der Waals surface area contributed by atoms with Crippen molar-refractivity contribution >= 4 is 5.91 Å². The first kappa shape index (κ1) is 25.8. The van der Waals surface area contributed by atoms with Gasteiger partial charge in [-0.1, -0.05) is 36.6 Å². The predicted molar refractivity (Wildman–Crippen MR) is 137 cm³/mol. The SMILES string of the molecule is CNCC(O)COc1cccc(-c2nc(C(=O)NC3CCCCC3)c(C)c(-c3c(C)noc3C)n2)c1. The molecular weight excluding hydrogens is 458 g/mol. The highest BCUT2D eigenvalue weighted by Gasteiger charge is 2.25. The number of hydrogen-bond acceptors (Lipinski definition) is 8. The van der Waals surface area contributed by atoms with Crippen LogP contribution in [0.3, 0.4) is 0 Å². The van der Waals surface area contributed by atoms with Crippen molar-refractivity contribution in [1.29, 1.82) is 0 Å². The van der Waals surface area contributed by atoms with Crippen LogP contribution >= 0.6 is 0 Å². The van der Waals surface area contributed by atoms with Gasteiger partial charge in [-0.15, -0.1) is 0 Å². The lowest BCUT2D eigenvalue weighted by Gasteiger charge is -2.23. The minimum Gasteiger partial charge on any atom is -0.491 e. The zero-order chi connectivity index (χ0) is 25.7. The average molecular weight is 494 g/mol. The van der Waals surface area contributed by atoms with E-state index in [0.29, 0.717) is 52.1 Å². The highest BCUT2D eigenvalue weighted by Crippen LogP contribution is 2.32. The molecule has 1 fully saturated rings. The number of carbonyl (C=O) groups excluding carboxylic acids is 1. The van der Waals surface area contributed by atoms with Crippen LogP contribution in [0.4, 0.5) is 0 Å². The third kappa shape index (κ3) is 5.91. The standard InChI is InChI=1S/C27H35N5O4/c1-16-24(23-17(2)32-36-18(23)3)30-26(31-25(16)27(34)29-20-10-6-5-7-11-20)19-9-8-12-22(13-19)35-15-21(33)14-28-4/h8-9,12-13,20-21,28,33H,5-7,10-11,14-15H2,1-4H3,(H,29,34). The molecule has 4 rings (SSSR count). The van der Waals surface area contributed by atoms with Crippen molar-refractivity contribution in [3.63, 3.8) is 0 Å². The van der Waals surface area contributed by atoms with Crippen molar-refractivity contribution in [2.24, 2.45) is 0 Å². The number of benzene rings is 1. The first-order valence-electron chi connectivity index (χ1n) is 12.6. The predicted octanol–water partition coefficient (Wildman–Crippen LogP) is 3.75. The number of ether oxygens (including phenoxy) is 1. The van der Waals surface area contributed by atoms with E-state index < -0.39 is 6.10 Å². The molecule has 0 saturated heterocycles. The van der Waals surface area contributed by atoms with Gasteiger partial charge >= 0.3 is 0 Å². The third-order valence-corrected chi connectivity index (χ3v) is 6.55. The summed E-state index contributed by atoms with van der Waals surface area (Å²) in [6.45, 7) is 6.14. The van der Waals surface area contributed by atoms with E-state index in [1.807, 2.05) is 45.0 Å². The monoisotopic (exact) mass is 493 g/mol. The summed E-state index contributed by atoms with van der Waals surface area (Å²) < 4.78 is 11.2. The lowest BCUT2D eigenvalue weighted by molar-refractivity contribution is 0.0922. The summed E-state index contributed by atoms with van der Waals surface area (Å²) in [5.74, 6) is 1.43. The van der Waals surface area contributed by atoms with E-state index in [4.69, 9.17) is 19.2 Å². The first-order valence-corrected chi connectivity index (χ1v) is 12.6. The summed E-state index contributed by atoms with van der Waals surface area (Å²) in [5.41, 5.74) is 3.83. The van der Waals surface area contributed by atoms with Crippen LogP contribution in [0.15, 0.2) is 28.8 Å². The number of rotatable bonds is 9. The number of nitrogens with one attached hydrogen (secondary N) is 2. The Morgan fingerprint density at radius 3 is 2.67 bits per heavy atom. The van der Waals surface area contributed by atoms with E-state index >= 15 is 0 Å². The Morgan fingerprint density at radius 1 is 1.19 bits per heavy atom. The molecule has 0 spiro atoms. The van der Waals surface area contributed by atoms with Crippen molar-refractivity contribution in [1.82, 2.24) is 25.8 Å². The molecule has 1 unspecified atom stereocenters. The molecule has 1 aliphatic rings. The molecule has 3 N–H and O–H groups in total. The molecule has 1 saturated carbocycles. The summed E-state index contributed by atoms with van der Waals surface area (Å²) in [6, 6.07) is 7.51. The summed E-state index contributed by atoms with van der Waals surface area (Å²) in [5, 5.41) is 20.2. The number of amides is 1. The molecule has 2 aromatic heterocycles. The molecule has 36 heavy (non-hydrogen) atoms. The zero-order valence-corrected chi connectivity index (χ0v) is 21.4. The Morgan fingerprint density at radius 2 is 1.97 bits per heavy atom. The van der Waals surface area contributed by atoms with E-state index in [2.05, 4.69) is 15.8 Å². The fourth-order valence-electron chi connectivity index (χ4n) is 4.64. The van der Waals surface area contributed by atoms with Crippen LogP contribution in [0.5, 0.6) is 5.75 Å². The van der Waals surface area contributed by atoms with Crippen LogP contribution in [0.1, 0.15) is 59.6 Å². The quantitative estimate of drug-likeness (QED) is 0.412. The molecule has 2 heterocycles. The highest BCUT2D eigenvalue weighted by atomic mass is 16.5. The molecular formula is C27H35N5O4. The molecule has 1 amide bonds. The van der Waals surface area contributed by atoms with Gasteiger partial charge in [0.1, 0.15) is 29.9 Å². The molecule has 3 aromatic rings. The van der Waals surface area contributed by atoms with Gasteiger partial charge in [0, 0.05) is 23.7 Å². The Balaban J connectivity index is 1.72. The maximum Gasteiger partial charge on any atom is 0.270 e. The molecule has 0 bridgehead atoms. The van der Waals surface area contributed by atoms with Crippen molar-refractivity contribution < 1.29 is 19.2 Å². The van der Waals surface area contributed by atoms with Gasteiger partial charge < -0.3 is 25.0 Å². The van der Waals surface area contributed by atoms with E-state index in [1.165, 1.54) is 6.42 Å². The summed E-state index contributed by atoms with van der Waals surface area (Å²) in [4.78, 5) is 23.0. The molecule has 192 valence electrons. The molecule has 0 radical (unpaired) electrons. The largest absolute Gasteiger partial charge is 0.491 e. The van der Waals surface area contributed by atoms with E-state index in [9.17, 15) is 9.90 Å². The zero-order valence-electron chi connectivity index (χ0n) is 21.4. The molecule has 0 aliphatic heterocycles. The number of aryl methyl sites for hydroxylation is 2. The Labute approximate surface area is 211 Å². The van der Waals surface area contributed by atoms with Gasteiger partial charge in [0.05, 0.1) is 17.0 Å². The van der Waals surface area contributed by atoms with Gasteiger partial charge in [0.2, 0.25) is 0 Å². The molecule has 9 nitrogen and oxygen atoms in total. The van der Waals surface area contributed by atoms with E-state index in [1.54, 1.807) is 7.05 Å². The maximum atomic E-state index is 13.4. The Bertz CT molecular complexity index is 1180. The first-order chi connectivity index (χ1) is 17.4. The van der Waals surface area contributed by atoms with Crippen LogP contribution in [-0.4, -0.2) is 58.5 Å². The summed E-state index contributed by atoms with van der Waals surface area (Å²) in [7, 11) is 1.77. The lowest BCUT2D eigenvalue weighted by Crippen LogP contribution is -2.37. The molecule has 9 heteroatoms. The van der Waals surface area contributed by atoms with Gasteiger partial charge in [-0.2, -0.15) is 0 Å². The second-order valence-electron chi connectivity index (χ2n) is 9.43. The second kappa shape index (κ2) is 11.6. The van der Waals surface area contributed by atoms with Crippen LogP contribution in [0.2, 0.25) is 0 Å². The van der Waals surface area contributed by atoms with Gasteiger partial charge in [0.25, 0.3) is 5.91 Å². The molecule has 1 aliphatic carbocycles. The molecule has 1 aromatic carbocycles. The minimum absolute atomic E-state index is 0.151. The van der Waals surface area contributed by atoms with E-state index in [-0.39, 0.29) is 18.6 Å². The fourth-order valence-corrected chi connectivity index (χ4v) is 4.64. The number of hydrogen-bond donors (Lipinski definition) is 3. The van der Waals surface area contributed by atoms with Crippen LogP contribution in [-0.2, 0) is 0 Å². The second-order valence-corrected chi connectivity index (χ2v) is 9.43. The number of aromatic nitrogens is 3. The average Bonchev–Trinajstić information content (AvgIpc) is 3.21. The molecule has 1 atom stereocenters. The smallest absolute Gasteiger partial charge is 0.270 e. The summed E-state index contributed by atoms with van der Waals surface area (Å²) >= 11 is 0. The maximum absolute atomic E-state index is 13.4. The summed E-state index contributed by atoms with van der Waals surface area (Å²) in [6.07, 6.45) is 4.80. The highest BCUT2D eigenvalue weighted by molar-refractivity contribution is 5.96. The Hall–Kier alpha value is -3.30. The fraction of sp³-hybridized carbons (Fsp3) is 0.481. The van der Waals surface area contributed by atoms with Gasteiger partial charge in [-0.3, -0.25) is 4.79 Å². The van der Waals surface area contributed by atoms with Crippen LogP contribution < -0.4 is 15.4 Å². The van der Waals surface area contributed by atoms with E-state index in [0.717, 1.165) is 31.2 Å². The minimum atomic E-state index is -0.629. The number of likely N-dealkylation sites (N-methyl/N-ethyl adjacent to an activating group) is 1. The van der Waals surface area contributed by atoms with Crippen molar-refractivity contribution in [3.05, 3.63) is 47.0 Å². The van der Waals surface area contributed by atoms with Gasteiger partial charge in [-0.25, -0.2) is 9.97 Å².